The van der Waals surface area contributed by atoms with Gasteiger partial charge in [-0.25, -0.2) is 13.6 Å². The van der Waals surface area contributed by atoms with Gasteiger partial charge in [0.1, 0.15) is 0 Å². The van der Waals surface area contributed by atoms with Gasteiger partial charge in [0.05, 0.1) is 11.0 Å². The van der Waals surface area contributed by atoms with E-state index < -0.39 is 10.0 Å². The van der Waals surface area contributed by atoms with Gasteiger partial charge in [0.25, 0.3) is 0 Å². The first-order valence-electron chi connectivity index (χ1n) is 6.24. The molecule has 1 atom stereocenters. The van der Waals surface area contributed by atoms with Gasteiger partial charge in [-0.15, -0.1) is 0 Å². The molecule has 0 bridgehead atoms. The molecule has 0 spiro atoms. The Morgan fingerprint density at radius 1 is 1.50 bits per heavy atom. The van der Waals surface area contributed by atoms with Crippen molar-refractivity contribution in [1.82, 2.24) is 5.32 Å². The Morgan fingerprint density at radius 3 is 2.95 bits per heavy atom. The largest absolute Gasteiger partial charge is 0.376 e. The van der Waals surface area contributed by atoms with Gasteiger partial charge in [0.15, 0.2) is 5.11 Å². The van der Waals surface area contributed by atoms with Crippen molar-refractivity contribution in [3.8, 4) is 0 Å². The summed E-state index contributed by atoms with van der Waals surface area (Å²) in [6.45, 7) is 1.43. The highest BCUT2D eigenvalue weighted by Gasteiger charge is 2.15. The van der Waals surface area contributed by atoms with Crippen LogP contribution >= 0.6 is 12.2 Å². The summed E-state index contributed by atoms with van der Waals surface area (Å²) < 4.78 is 28.0. The summed E-state index contributed by atoms with van der Waals surface area (Å²) in [6.07, 6.45) is 2.28. The maximum atomic E-state index is 11.3. The second kappa shape index (κ2) is 6.49. The maximum absolute atomic E-state index is 11.3. The van der Waals surface area contributed by atoms with Crippen LogP contribution in [0.15, 0.2) is 29.2 Å². The average Bonchev–Trinajstić information content (AvgIpc) is 2.89. The van der Waals surface area contributed by atoms with Gasteiger partial charge >= 0.3 is 0 Å². The van der Waals surface area contributed by atoms with Gasteiger partial charge in [0.2, 0.25) is 10.0 Å². The number of hydrogen-bond donors (Lipinski definition) is 3. The predicted molar refractivity (Wildman–Crippen MR) is 81.0 cm³/mol. The molecule has 8 heteroatoms. The molecule has 0 aromatic heterocycles. The summed E-state index contributed by atoms with van der Waals surface area (Å²) in [6, 6.07) is 6.19. The molecular formula is C12H17N3O3S2. The minimum absolute atomic E-state index is 0.0458. The van der Waals surface area contributed by atoms with E-state index in [0.29, 0.717) is 17.3 Å². The van der Waals surface area contributed by atoms with Crippen LogP contribution in [0, 0.1) is 0 Å². The van der Waals surface area contributed by atoms with E-state index in [2.05, 4.69) is 10.6 Å². The van der Waals surface area contributed by atoms with E-state index in [-0.39, 0.29) is 11.0 Å². The highest BCUT2D eigenvalue weighted by atomic mass is 32.2. The Labute approximate surface area is 123 Å². The predicted octanol–water partition coefficient (Wildman–Crippen LogP) is 0.799. The molecule has 4 N–H and O–H groups in total. The zero-order chi connectivity index (χ0) is 14.6. The van der Waals surface area contributed by atoms with E-state index in [9.17, 15) is 8.42 Å². The van der Waals surface area contributed by atoms with Crippen LogP contribution in [0.4, 0.5) is 5.69 Å². The van der Waals surface area contributed by atoms with Gasteiger partial charge in [0, 0.05) is 18.8 Å². The van der Waals surface area contributed by atoms with Crippen molar-refractivity contribution in [3.63, 3.8) is 0 Å². The molecular weight excluding hydrogens is 298 g/mol. The lowest BCUT2D eigenvalue weighted by Gasteiger charge is -2.14. The van der Waals surface area contributed by atoms with Crippen molar-refractivity contribution >= 4 is 33.0 Å². The van der Waals surface area contributed by atoms with E-state index in [0.717, 1.165) is 19.4 Å². The molecule has 0 amide bonds. The molecule has 1 fully saturated rings. The molecule has 0 radical (unpaired) electrons. The minimum atomic E-state index is -3.71. The van der Waals surface area contributed by atoms with Crippen LogP contribution in [-0.4, -0.2) is 32.8 Å². The molecule has 1 aromatic rings. The number of rotatable bonds is 4. The third-order valence-electron chi connectivity index (χ3n) is 2.93. The molecule has 6 nitrogen and oxygen atoms in total. The van der Waals surface area contributed by atoms with E-state index in [4.69, 9.17) is 22.1 Å². The van der Waals surface area contributed by atoms with Crippen molar-refractivity contribution in [2.45, 2.75) is 23.8 Å². The molecule has 20 heavy (non-hydrogen) atoms. The second-order valence-corrected chi connectivity index (χ2v) is 6.51. The van der Waals surface area contributed by atoms with Crippen LogP contribution in [0.1, 0.15) is 12.8 Å². The standard InChI is InChI=1S/C12H17N3O3S2/c13-20(16,17)11-5-1-3-9(7-11)15-12(19)14-8-10-4-2-6-18-10/h1,3,5,7,10H,2,4,6,8H2,(H2,13,16,17)(H2,14,15,19)/t10-/m0/s1. The zero-order valence-electron chi connectivity index (χ0n) is 10.8. The molecule has 110 valence electrons. The lowest BCUT2D eigenvalue weighted by atomic mass is 10.2. The molecule has 1 aromatic carbocycles. The number of sulfonamides is 1. The number of nitrogens with two attached hydrogens (primary N) is 1. The zero-order valence-corrected chi connectivity index (χ0v) is 12.5. The van der Waals surface area contributed by atoms with E-state index in [1.165, 1.54) is 12.1 Å². The first-order chi connectivity index (χ1) is 9.45. The van der Waals surface area contributed by atoms with E-state index in [1.807, 2.05) is 0 Å². The number of hydrogen-bond acceptors (Lipinski definition) is 4. The fraction of sp³-hybridized carbons (Fsp3) is 0.417. The van der Waals surface area contributed by atoms with Crippen LogP contribution in [0.2, 0.25) is 0 Å². The SMILES string of the molecule is NS(=O)(=O)c1cccc(NC(=S)NC[C@@H]2CCCO2)c1. The van der Waals surface area contributed by atoms with Crippen molar-refractivity contribution in [3.05, 3.63) is 24.3 Å². The van der Waals surface area contributed by atoms with Crippen molar-refractivity contribution in [2.24, 2.45) is 5.14 Å². The number of anilines is 1. The lowest BCUT2D eigenvalue weighted by molar-refractivity contribution is 0.114. The summed E-state index contributed by atoms with van der Waals surface area (Å²) in [5, 5.41) is 11.5. The van der Waals surface area contributed by atoms with E-state index >= 15 is 0 Å². The Balaban J connectivity index is 1.90. The van der Waals surface area contributed by atoms with Crippen molar-refractivity contribution < 1.29 is 13.2 Å². The Morgan fingerprint density at radius 2 is 2.30 bits per heavy atom. The monoisotopic (exact) mass is 315 g/mol. The second-order valence-electron chi connectivity index (χ2n) is 4.54. The number of thiocarbonyl (C=S) groups is 1. The maximum Gasteiger partial charge on any atom is 0.238 e. The van der Waals surface area contributed by atoms with Gasteiger partial charge in [-0.2, -0.15) is 0 Å². The van der Waals surface area contributed by atoms with Gasteiger partial charge < -0.3 is 15.4 Å². The Kier molecular flexibility index (Phi) is 4.92. The highest BCUT2D eigenvalue weighted by Crippen LogP contribution is 2.14. The van der Waals surface area contributed by atoms with Crippen LogP contribution < -0.4 is 15.8 Å². The molecule has 1 heterocycles. The Bertz CT molecular complexity index is 583. The van der Waals surface area contributed by atoms with Gasteiger partial charge in [-0.05, 0) is 43.3 Å². The topological polar surface area (TPSA) is 93.5 Å². The molecule has 1 aliphatic rings. The van der Waals surface area contributed by atoms with E-state index in [1.54, 1.807) is 12.1 Å². The van der Waals surface area contributed by atoms with Crippen molar-refractivity contribution in [1.29, 1.82) is 0 Å². The normalized spacial score (nSPS) is 18.8. The fourth-order valence-corrected chi connectivity index (χ4v) is 2.70. The number of benzene rings is 1. The van der Waals surface area contributed by atoms with Crippen LogP contribution in [0.3, 0.4) is 0 Å². The molecule has 1 saturated heterocycles. The molecule has 1 aliphatic heterocycles. The third kappa shape index (κ3) is 4.41. The van der Waals surface area contributed by atoms with Crippen LogP contribution in [0.25, 0.3) is 0 Å². The minimum Gasteiger partial charge on any atom is -0.376 e. The number of primary sulfonamides is 1. The summed E-state index contributed by atoms with van der Waals surface area (Å²) in [5.41, 5.74) is 0.571. The van der Waals surface area contributed by atoms with Crippen molar-refractivity contribution in [2.75, 3.05) is 18.5 Å². The summed E-state index contributed by atoms with van der Waals surface area (Å²) in [5.74, 6) is 0. The highest BCUT2D eigenvalue weighted by molar-refractivity contribution is 7.89. The van der Waals surface area contributed by atoms with Gasteiger partial charge in [-0.3, -0.25) is 0 Å². The molecule has 2 rings (SSSR count). The quantitative estimate of drug-likeness (QED) is 0.712. The Hall–Kier alpha value is -1.22. The summed E-state index contributed by atoms with van der Waals surface area (Å²) in [7, 11) is -3.71. The summed E-state index contributed by atoms with van der Waals surface area (Å²) >= 11 is 5.15. The van der Waals surface area contributed by atoms with Crippen LogP contribution in [0.5, 0.6) is 0 Å². The van der Waals surface area contributed by atoms with Crippen LogP contribution in [-0.2, 0) is 14.8 Å². The first-order valence-corrected chi connectivity index (χ1v) is 8.20. The number of nitrogens with one attached hydrogen (secondary N) is 2. The molecule has 0 saturated carbocycles. The number of ether oxygens (including phenoxy) is 1. The van der Waals surface area contributed by atoms with Gasteiger partial charge in [-0.1, -0.05) is 6.07 Å². The summed E-state index contributed by atoms with van der Waals surface area (Å²) in [4.78, 5) is 0.0458. The molecule has 0 unspecified atom stereocenters. The fourth-order valence-electron chi connectivity index (χ4n) is 1.94. The lowest BCUT2D eigenvalue weighted by Crippen LogP contribution is -2.34. The third-order valence-corrected chi connectivity index (χ3v) is 4.09. The smallest absolute Gasteiger partial charge is 0.238 e. The first kappa shape index (κ1) is 15.2. The average molecular weight is 315 g/mol. The molecule has 0 aliphatic carbocycles.